The molecule has 190 valence electrons. The highest BCUT2D eigenvalue weighted by Crippen LogP contribution is 2.47. The summed E-state index contributed by atoms with van der Waals surface area (Å²) in [5, 5.41) is 31.5. The van der Waals surface area contributed by atoms with Crippen molar-refractivity contribution in [3.63, 3.8) is 0 Å². The van der Waals surface area contributed by atoms with Gasteiger partial charge < -0.3 is 15.3 Å². The van der Waals surface area contributed by atoms with Crippen molar-refractivity contribution in [1.29, 1.82) is 0 Å². The fourth-order valence-corrected chi connectivity index (χ4v) is 5.83. The number of hydrogen-bond acceptors (Lipinski definition) is 5. The fourth-order valence-electron chi connectivity index (χ4n) is 5.83. The molecule has 4 atom stereocenters. The first-order chi connectivity index (χ1) is 17.3. The van der Waals surface area contributed by atoms with Gasteiger partial charge in [0, 0.05) is 13.0 Å². The number of carbonyl (C=O) groups is 2. The zero-order valence-corrected chi connectivity index (χ0v) is 20.9. The number of benzene rings is 2. The summed E-state index contributed by atoms with van der Waals surface area (Å²) in [6, 6.07) is 16.9. The average Bonchev–Trinajstić information content (AvgIpc) is 3.11. The molecule has 1 fully saturated rings. The van der Waals surface area contributed by atoms with Crippen LogP contribution in [0.1, 0.15) is 50.2 Å². The fraction of sp³-hybridized carbons (Fsp3) is 0.400. The van der Waals surface area contributed by atoms with E-state index in [1.807, 2.05) is 42.5 Å². The van der Waals surface area contributed by atoms with Gasteiger partial charge in [0.2, 0.25) is 11.8 Å². The lowest BCUT2D eigenvalue weighted by atomic mass is 9.67. The van der Waals surface area contributed by atoms with Gasteiger partial charge in [0.1, 0.15) is 5.75 Å². The Hall–Kier alpha value is -3.22. The molecule has 2 aromatic rings. The van der Waals surface area contributed by atoms with Crippen LogP contribution in [-0.4, -0.2) is 51.8 Å². The molecule has 3 N–H and O–H groups in total. The summed E-state index contributed by atoms with van der Waals surface area (Å²) in [5.74, 6) is -1.86. The first-order valence-corrected chi connectivity index (χ1v) is 12.7. The van der Waals surface area contributed by atoms with Crippen LogP contribution in [0.2, 0.25) is 0 Å². The number of carbonyl (C=O) groups excluding carboxylic acids is 2. The van der Waals surface area contributed by atoms with Crippen LogP contribution >= 0.6 is 0 Å². The standard InChI is InChI=1S/C30H35NO5/c1-3-7-22-17-24-28(30(36)31(2)29(24)35)25(18-32)27(22)26(34)15-12-21(20-8-5-4-6-9-20)16-19-10-13-23(33)14-11-19/h4-6,8-11,13-14,16,24-26,28,32-34H,3,7,12,15,17-18H2,1-2H3/b21-16-/t24-,25+,26-,28-/m1/s1. The largest absolute Gasteiger partial charge is 0.508 e. The number of likely N-dealkylation sites (tertiary alicyclic amines) is 1. The summed E-state index contributed by atoms with van der Waals surface area (Å²) in [4.78, 5) is 26.8. The minimum atomic E-state index is -0.828. The Bertz CT molecular complexity index is 1150. The van der Waals surface area contributed by atoms with Crippen LogP contribution in [0.4, 0.5) is 0 Å². The third kappa shape index (κ3) is 5.15. The van der Waals surface area contributed by atoms with Gasteiger partial charge in [0.15, 0.2) is 0 Å². The lowest BCUT2D eigenvalue weighted by Gasteiger charge is -2.36. The SMILES string of the molecule is CCCC1=C([C@H](O)CC/C(=C/c2ccc(O)cc2)c2ccccc2)[C@H](CO)[C@@H]2C(=O)N(C)C(=O)[C@@H]2C1. The number of aliphatic hydroxyl groups is 2. The van der Waals surface area contributed by atoms with Gasteiger partial charge in [-0.2, -0.15) is 0 Å². The van der Waals surface area contributed by atoms with Crippen LogP contribution in [0, 0.1) is 17.8 Å². The second-order valence-corrected chi connectivity index (χ2v) is 9.85. The maximum atomic E-state index is 12.9. The first-order valence-electron chi connectivity index (χ1n) is 12.7. The highest BCUT2D eigenvalue weighted by molar-refractivity contribution is 6.05. The molecule has 6 heteroatoms. The number of allylic oxidation sites excluding steroid dienone is 2. The predicted molar refractivity (Wildman–Crippen MR) is 140 cm³/mol. The molecule has 2 aliphatic rings. The lowest BCUT2D eigenvalue weighted by molar-refractivity contribution is -0.138. The predicted octanol–water partition coefficient (Wildman–Crippen LogP) is 4.41. The Labute approximate surface area is 212 Å². The lowest BCUT2D eigenvalue weighted by Crippen LogP contribution is -2.39. The van der Waals surface area contributed by atoms with E-state index in [1.165, 1.54) is 11.9 Å². The van der Waals surface area contributed by atoms with E-state index in [-0.39, 0.29) is 24.2 Å². The Morgan fingerprint density at radius 1 is 1.08 bits per heavy atom. The normalized spacial score (nSPS) is 23.3. The average molecular weight is 490 g/mol. The Kier molecular flexibility index (Phi) is 8.07. The van der Waals surface area contributed by atoms with Crippen LogP contribution in [0.25, 0.3) is 11.6 Å². The quantitative estimate of drug-likeness (QED) is 0.275. The second kappa shape index (κ2) is 11.2. The molecule has 0 radical (unpaired) electrons. The van der Waals surface area contributed by atoms with Crippen molar-refractivity contribution in [2.75, 3.05) is 13.7 Å². The summed E-state index contributed by atoms with van der Waals surface area (Å²) in [7, 11) is 1.51. The van der Waals surface area contributed by atoms with Gasteiger partial charge in [0.05, 0.1) is 24.5 Å². The Morgan fingerprint density at radius 2 is 1.78 bits per heavy atom. The number of amides is 2. The molecule has 36 heavy (non-hydrogen) atoms. The van der Waals surface area contributed by atoms with Gasteiger partial charge in [-0.05, 0) is 60.1 Å². The molecule has 1 saturated heterocycles. The van der Waals surface area contributed by atoms with E-state index in [4.69, 9.17) is 0 Å². The van der Waals surface area contributed by atoms with Crippen molar-refractivity contribution in [2.45, 2.75) is 45.1 Å². The molecule has 0 aromatic heterocycles. The van der Waals surface area contributed by atoms with Gasteiger partial charge in [-0.3, -0.25) is 14.5 Å². The number of nitrogens with zero attached hydrogens (tertiary/aromatic N) is 1. The maximum absolute atomic E-state index is 12.9. The van der Waals surface area contributed by atoms with E-state index in [9.17, 15) is 24.9 Å². The third-order valence-corrected chi connectivity index (χ3v) is 7.58. The number of phenolic OH excluding ortho intramolecular Hbond substituents is 1. The summed E-state index contributed by atoms with van der Waals surface area (Å²) < 4.78 is 0. The summed E-state index contributed by atoms with van der Waals surface area (Å²) in [6.45, 7) is 1.78. The number of rotatable bonds is 9. The van der Waals surface area contributed by atoms with E-state index in [0.717, 1.165) is 40.7 Å². The van der Waals surface area contributed by atoms with Crippen LogP contribution < -0.4 is 0 Å². The summed E-state index contributed by atoms with van der Waals surface area (Å²) in [6.07, 6.45) is 4.27. The van der Waals surface area contributed by atoms with E-state index >= 15 is 0 Å². The van der Waals surface area contributed by atoms with Crippen molar-refractivity contribution < 1.29 is 24.9 Å². The van der Waals surface area contributed by atoms with Gasteiger partial charge >= 0.3 is 0 Å². The van der Waals surface area contributed by atoms with Gasteiger partial charge in [0.25, 0.3) is 0 Å². The number of aliphatic hydroxyl groups excluding tert-OH is 2. The zero-order valence-electron chi connectivity index (χ0n) is 20.9. The molecule has 0 bridgehead atoms. The number of imide groups is 1. The number of phenols is 1. The molecule has 2 aromatic carbocycles. The van der Waals surface area contributed by atoms with Crippen LogP contribution in [-0.2, 0) is 9.59 Å². The van der Waals surface area contributed by atoms with Gasteiger partial charge in [-0.25, -0.2) is 0 Å². The number of aromatic hydroxyl groups is 1. The summed E-state index contributed by atoms with van der Waals surface area (Å²) in [5.41, 5.74) is 4.78. The van der Waals surface area contributed by atoms with Crippen LogP contribution in [0.3, 0.4) is 0 Å². The second-order valence-electron chi connectivity index (χ2n) is 9.85. The van der Waals surface area contributed by atoms with Crippen LogP contribution in [0.15, 0.2) is 65.7 Å². The minimum absolute atomic E-state index is 0.186. The topological polar surface area (TPSA) is 98.1 Å². The molecule has 1 aliphatic heterocycles. The van der Waals surface area contributed by atoms with E-state index in [1.54, 1.807) is 12.1 Å². The molecular weight excluding hydrogens is 454 g/mol. The maximum Gasteiger partial charge on any atom is 0.233 e. The van der Waals surface area contributed by atoms with Crippen molar-refractivity contribution in [3.8, 4) is 5.75 Å². The number of fused-ring (bicyclic) bond motifs is 1. The third-order valence-electron chi connectivity index (χ3n) is 7.58. The smallest absolute Gasteiger partial charge is 0.233 e. The van der Waals surface area contributed by atoms with Crippen LogP contribution in [0.5, 0.6) is 5.75 Å². The Morgan fingerprint density at radius 3 is 2.42 bits per heavy atom. The van der Waals surface area contributed by atoms with Gasteiger partial charge in [-0.1, -0.05) is 67.5 Å². The molecular formula is C30H35NO5. The van der Waals surface area contributed by atoms with E-state index in [2.05, 4.69) is 13.0 Å². The number of hydrogen-bond donors (Lipinski definition) is 3. The van der Waals surface area contributed by atoms with Crippen molar-refractivity contribution in [3.05, 3.63) is 76.9 Å². The monoisotopic (exact) mass is 489 g/mol. The molecule has 0 spiro atoms. The highest BCUT2D eigenvalue weighted by Gasteiger charge is 2.53. The van der Waals surface area contributed by atoms with E-state index in [0.29, 0.717) is 19.3 Å². The van der Waals surface area contributed by atoms with E-state index < -0.39 is 23.9 Å². The summed E-state index contributed by atoms with van der Waals surface area (Å²) >= 11 is 0. The Balaban J connectivity index is 1.63. The molecule has 6 nitrogen and oxygen atoms in total. The first kappa shape index (κ1) is 25.9. The molecule has 4 rings (SSSR count). The zero-order chi connectivity index (χ0) is 25.8. The van der Waals surface area contributed by atoms with Crippen molar-refractivity contribution >= 4 is 23.5 Å². The molecule has 0 saturated carbocycles. The highest BCUT2D eigenvalue weighted by atomic mass is 16.3. The molecule has 2 amide bonds. The molecule has 1 heterocycles. The molecule has 0 unspecified atom stereocenters. The minimum Gasteiger partial charge on any atom is -0.508 e. The van der Waals surface area contributed by atoms with Crippen molar-refractivity contribution in [2.24, 2.45) is 17.8 Å². The van der Waals surface area contributed by atoms with Gasteiger partial charge in [-0.15, -0.1) is 0 Å². The molecule has 1 aliphatic carbocycles. The van der Waals surface area contributed by atoms with Crippen molar-refractivity contribution in [1.82, 2.24) is 4.90 Å².